The number of carbonyl (C=O) groups is 1. The highest BCUT2D eigenvalue weighted by Crippen LogP contribution is 2.34. The van der Waals surface area contributed by atoms with Gasteiger partial charge in [-0.05, 0) is 31.2 Å². The largest absolute Gasteiger partial charge is 0.324 e. The molecular weight excluding hydrogens is 404 g/mol. The predicted octanol–water partition coefficient (Wildman–Crippen LogP) is 4.72. The van der Waals surface area contributed by atoms with Gasteiger partial charge in [0.25, 0.3) is 5.69 Å². The lowest BCUT2D eigenvalue weighted by Crippen LogP contribution is -2.22. The minimum atomic E-state index is -0.447. The first-order valence-corrected chi connectivity index (χ1v) is 10.4. The number of rotatable bonds is 7. The maximum absolute atomic E-state index is 12.6. The number of nitro benzene ring substituents is 1. The summed E-state index contributed by atoms with van der Waals surface area (Å²) in [6.45, 7) is 1.79. The van der Waals surface area contributed by atoms with Gasteiger partial charge in [0.15, 0.2) is 4.34 Å². The number of nitro groups is 1. The second-order valence-corrected chi connectivity index (χ2v) is 8.84. The Balaban J connectivity index is 1.65. The minimum absolute atomic E-state index is 0.0269. The van der Waals surface area contributed by atoms with E-state index in [0.29, 0.717) is 5.69 Å². The summed E-state index contributed by atoms with van der Waals surface area (Å²) in [6.07, 6.45) is 0. The number of nitrogens with zero attached hydrogens (tertiary/aromatic N) is 3. The molecule has 1 heterocycles. The number of anilines is 1. The molecule has 3 aromatic rings. The lowest BCUT2D eigenvalue weighted by molar-refractivity contribution is -0.384. The smallest absolute Gasteiger partial charge is 0.269 e. The van der Waals surface area contributed by atoms with Crippen molar-refractivity contribution in [3.8, 4) is 0 Å². The van der Waals surface area contributed by atoms with Crippen LogP contribution in [0.5, 0.6) is 0 Å². The van der Waals surface area contributed by atoms with Gasteiger partial charge in [-0.2, -0.15) is 0 Å². The molecule has 0 aliphatic heterocycles. The number of aromatic nitrogens is 2. The standard InChI is InChI=1S/C17H14N4O3S3/c1-11(26-13-8-6-12(7-9-13)21(23)24)16(22)19-14-4-2-3-5-15(14)27-17-20-18-10-25-17/h2-11H,1H3,(H,19,22). The molecule has 0 aliphatic carbocycles. The van der Waals surface area contributed by atoms with Gasteiger partial charge in [-0.25, -0.2) is 0 Å². The van der Waals surface area contributed by atoms with E-state index in [1.54, 1.807) is 24.6 Å². The normalized spacial score (nSPS) is 11.7. The van der Waals surface area contributed by atoms with Gasteiger partial charge < -0.3 is 5.32 Å². The number of para-hydroxylation sites is 1. The van der Waals surface area contributed by atoms with Gasteiger partial charge in [-0.3, -0.25) is 14.9 Å². The fraction of sp³-hybridized carbons (Fsp3) is 0.118. The van der Waals surface area contributed by atoms with Gasteiger partial charge in [0, 0.05) is 21.9 Å². The van der Waals surface area contributed by atoms with Gasteiger partial charge in [-0.15, -0.1) is 22.0 Å². The molecule has 0 fully saturated rings. The van der Waals surface area contributed by atoms with E-state index in [1.165, 1.54) is 47.0 Å². The van der Waals surface area contributed by atoms with Crippen LogP contribution in [0.2, 0.25) is 0 Å². The molecular formula is C17H14N4O3S3. The molecule has 2 aromatic carbocycles. The number of carbonyl (C=O) groups excluding carboxylic acids is 1. The lowest BCUT2D eigenvalue weighted by atomic mass is 10.3. The number of benzene rings is 2. The molecule has 1 unspecified atom stereocenters. The van der Waals surface area contributed by atoms with E-state index in [0.717, 1.165) is 14.1 Å². The molecule has 1 amide bonds. The van der Waals surface area contributed by atoms with Crippen molar-refractivity contribution in [1.29, 1.82) is 0 Å². The van der Waals surface area contributed by atoms with Crippen LogP contribution >= 0.6 is 34.9 Å². The SMILES string of the molecule is CC(Sc1ccc([N+](=O)[O-])cc1)C(=O)Nc1ccccc1Sc1nncs1. The maximum Gasteiger partial charge on any atom is 0.269 e. The van der Waals surface area contributed by atoms with Gasteiger partial charge in [-0.1, -0.05) is 35.2 Å². The highest BCUT2D eigenvalue weighted by atomic mass is 32.2. The average molecular weight is 419 g/mol. The van der Waals surface area contributed by atoms with E-state index in [4.69, 9.17) is 0 Å². The second kappa shape index (κ2) is 8.98. The van der Waals surface area contributed by atoms with E-state index in [1.807, 2.05) is 24.3 Å². The molecule has 27 heavy (non-hydrogen) atoms. The van der Waals surface area contributed by atoms with Crippen molar-refractivity contribution in [1.82, 2.24) is 10.2 Å². The minimum Gasteiger partial charge on any atom is -0.324 e. The fourth-order valence-corrected chi connectivity index (χ4v) is 4.49. The number of thioether (sulfide) groups is 1. The van der Waals surface area contributed by atoms with Crippen molar-refractivity contribution in [3.63, 3.8) is 0 Å². The Hall–Kier alpha value is -2.43. The third-order valence-corrected chi connectivity index (χ3v) is 6.38. The Labute approximate surface area is 167 Å². The quantitative estimate of drug-likeness (QED) is 0.337. The van der Waals surface area contributed by atoms with Gasteiger partial charge >= 0.3 is 0 Å². The zero-order chi connectivity index (χ0) is 19.2. The summed E-state index contributed by atoms with van der Waals surface area (Å²) in [5.74, 6) is -0.149. The van der Waals surface area contributed by atoms with E-state index in [9.17, 15) is 14.9 Å². The summed E-state index contributed by atoms with van der Waals surface area (Å²) in [7, 11) is 0. The Morgan fingerprint density at radius 2 is 1.96 bits per heavy atom. The Morgan fingerprint density at radius 3 is 2.63 bits per heavy atom. The van der Waals surface area contributed by atoms with E-state index < -0.39 is 4.92 Å². The zero-order valence-corrected chi connectivity index (χ0v) is 16.5. The second-order valence-electron chi connectivity index (χ2n) is 5.30. The monoisotopic (exact) mass is 418 g/mol. The third-order valence-electron chi connectivity index (χ3n) is 3.41. The highest BCUT2D eigenvalue weighted by Gasteiger charge is 2.17. The molecule has 0 bridgehead atoms. The van der Waals surface area contributed by atoms with Crippen molar-refractivity contribution in [2.24, 2.45) is 0 Å². The molecule has 1 N–H and O–H groups in total. The van der Waals surface area contributed by atoms with Crippen LogP contribution in [0.3, 0.4) is 0 Å². The first kappa shape index (κ1) is 19.3. The topological polar surface area (TPSA) is 98.0 Å². The van der Waals surface area contributed by atoms with Crippen LogP contribution < -0.4 is 5.32 Å². The molecule has 0 radical (unpaired) electrons. The van der Waals surface area contributed by atoms with Gasteiger partial charge in [0.2, 0.25) is 5.91 Å². The van der Waals surface area contributed by atoms with Crippen molar-refractivity contribution < 1.29 is 9.72 Å². The van der Waals surface area contributed by atoms with Crippen LogP contribution in [0.1, 0.15) is 6.92 Å². The van der Waals surface area contributed by atoms with Crippen LogP contribution in [-0.4, -0.2) is 26.3 Å². The molecule has 10 heteroatoms. The number of hydrogen-bond donors (Lipinski definition) is 1. The Bertz CT molecular complexity index is 933. The molecule has 0 saturated heterocycles. The first-order chi connectivity index (χ1) is 13.0. The highest BCUT2D eigenvalue weighted by molar-refractivity contribution is 8.01. The summed E-state index contributed by atoms with van der Waals surface area (Å²) in [6, 6.07) is 13.7. The van der Waals surface area contributed by atoms with Gasteiger partial charge in [0.1, 0.15) is 5.51 Å². The maximum atomic E-state index is 12.6. The molecule has 0 spiro atoms. The Morgan fingerprint density at radius 1 is 1.22 bits per heavy atom. The average Bonchev–Trinajstić information content (AvgIpc) is 3.17. The first-order valence-electron chi connectivity index (χ1n) is 7.78. The predicted molar refractivity (Wildman–Crippen MR) is 108 cm³/mol. The van der Waals surface area contributed by atoms with Crippen LogP contribution in [0.15, 0.2) is 68.2 Å². The lowest BCUT2D eigenvalue weighted by Gasteiger charge is -2.14. The number of non-ortho nitro benzene ring substituents is 1. The van der Waals surface area contributed by atoms with Crippen molar-refractivity contribution in [2.75, 3.05) is 5.32 Å². The van der Waals surface area contributed by atoms with Crippen LogP contribution in [0, 0.1) is 10.1 Å². The molecule has 0 aliphatic rings. The molecule has 0 saturated carbocycles. The van der Waals surface area contributed by atoms with E-state index in [2.05, 4.69) is 15.5 Å². The van der Waals surface area contributed by atoms with Crippen LogP contribution in [0.4, 0.5) is 11.4 Å². The van der Waals surface area contributed by atoms with Crippen LogP contribution in [0.25, 0.3) is 0 Å². The molecule has 1 aromatic heterocycles. The van der Waals surface area contributed by atoms with Crippen molar-refractivity contribution >= 4 is 52.1 Å². The summed E-state index contributed by atoms with van der Waals surface area (Å²) in [5, 5.41) is 21.1. The number of amides is 1. The summed E-state index contributed by atoms with van der Waals surface area (Å²) >= 11 is 4.22. The van der Waals surface area contributed by atoms with Gasteiger partial charge in [0.05, 0.1) is 15.9 Å². The molecule has 7 nitrogen and oxygen atoms in total. The molecule has 138 valence electrons. The van der Waals surface area contributed by atoms with Crippen molar-refractivity contribution in [3.05, 3.63) is 64.2 Å². The summed E-state index contributed by atoms with van der Waals surface area (Å²) in [4.78, 5) is 24.5. The summed E-state index contributed by atoms with van der Waals surface area (Å²) < 4.78 is 0.796. The molecule has 3 rings (SSSR count). The summed E-state index contributed by atoms with van der Waals surface area (Å²) in [5.41, 5.74) is 2.39. The Kier molecular flexibility index (Phi) is 6.43. The fourth-order valence-electron chi connectivity index (χ4n) is 2.10. The van der Waals surface area contributed by atoms with Crippen molar-refractivity contribution in [2.45, 2.75) is 26.3 Å². The number of hydrogen-bond acceptors (Lipinski definition) is 8. The van der Waals surface area contributed by atoms with Crippen LogP contribution in [-0.2, 0) is 4.79 Å². The third kappa shape index (κ3) is 5.28. The van der Waals surface area contributed by atoms with E-state index in [-0.39, 0.29) is 16.8 Å². The zero-order valence-electron chi connectivity index (χ0n) is 14.1. The molecule has 1 atom stereocenters. The van der Waals surface area contributed by atoms with E-state index >= 15 is 0 Å². The number of nitrogens with one attached hydrogen (secondary N) is 1.